The zero-order valence-corrected chi connectivity index (χ0v) is 11.3. The fraction of sp³-hybridized carbons (Fsp3) is 0.600. The van der Waals surface area contributed by atoms with Crippen molar-refractivity contribution in [2.45, 2.75) is 45.6 Å². The van der Waals surface area contributed by atoms with Crippen LogP contribution in [0.15, 0.2) is 24.3 Å². The van der Waals surface area contributed by atoms with E-state index in [2.05, 4.69) is 37.4 Å². The molecule has 1 atom stereocenters. The smallest absolute Gasteiger partial charge is 0.119 e. The van der Waals surface area contributed by atoms with Crippen LogP contribution in [0, 0.1) is 0 Å². The van der Waals surface area contributed by atoms with Gasteiger partial charge in [-0.3, -0.25) is 0 Å². The number of ether oxygens (including phenoxy) is 1. The van der Waals surface area contributed by atoms with Gasteiger partial charge in [-0.05, 0) is 49.9 Å². The third-order valence-corrected chi connectivity index (χ3v) is 3.09. The molecule has 2 heteroatoms. The molecule has 0 saturated carbocycles. The van der Waals surface area contributed by atoms with Crippen LogP contribution in [-0.2, 0) is 6.42 Å². The molecule has 0 aliphatic rings. The molecule has 0 radical (unpaired) electrons. The van der Waals surface area contributed by atoms with Gasteiger partial charge in [-0.2, -0.15) is 0 Å². The fourth-order valence-electron chi connectivity index (χ4n) is 1.97. The normalized spacial score (nSPS) is 12.4. The van der Waals surface area contributed by atoms with Crippen molar-refractivity contribution in [3.63, 3.8) is 0 Å². The molecule has 0 spiro atoms. The van der Waals surface area contributed by atoms with Gasteiger partial charge < -0.3 is 10.1 Å². The Labute approximate surface area is 105 Å². The van der Waals surface area contributed by atoms with Gasteiger partial charge in [0.1, 0.15) is 5.75 Å². The van der Waals surface area contributed by atoms with E-state index in [1.807, 2.05) is 6.07 Å². The molecule has 0 amide bonds. The summed E-state index contributed by atoms with van der Waals surface area (Å²) in [5.74, 6) is 0.956. The monoisotopic (exact) mass is 235 g/mol. The van der Waals surface area contributed by atoms with Crippen molar-refractivity contribution >= 4 is 0 Å². The molecule has 0 bridgehead atoms. The van der Waals surface area contributed by atoms with Gasteiger partial charge in [0.25, 0.3) is 0 Å². The number of nitrogens with one attached hydrogen (secondary N) is 1. The maximum absolute atomic E-state index is 5.24. The molecular weight excluding hydrogens is 210 g/mol. The van der Waals surface area contributed by atoms with Crippen LogP contribution in [-0.4, -0.2) is 19.7 Å². The minimum absolute atomic E-state index is 0.640. The van der Waals surface area contributed by atoms with Gasteiger partial charge in [0.05, 0.1) is 7.11 Å². The van der Waals surface area contributed by atoms with E-state index in [1.54, 1.807) is 7.11 Å². The molecule has 0 aliphatic carbocycles. The standard InChI is InChI=1S/C15H25NO/c1-4-11-16-14(5-2)10-9-13-7-6-8-15(12-13)17-3/h6-8,12,14,16H,4-5,9-11H2,1-3H3/t14-/m1/s1. The summed E-state index contributed by atoms with van der Waals surface area (Å²) in [6.07, 6.45) is 4.72. The van der Waals surface area contributed by atoms with Gasteiger partial charge in [0.15, 0.2) is 0 Å². The summed E-state index contributed by atoms with van der Waals surface area (Å²) < 4.78 is 5.24. The van der Waals surface area contributed by atoms with Crippen LogP contribution in [0.5, 0.6) is 5.75 Å². The van der Waals surface area contributed by atoms with Crippen molar-refractivity contribution < 1.29 is 4.74 Å². The maximum atomic E-state index is 5.24. The SMILES string of the molecule is CCCN[C@H](CC)CCc1cccc(OC)c1. The van der Waals surface area contributed by atoms with Gasteiger partial charge in [0.2, 0.25) is 0 Å². The number of methoxy groups -OCH3 is 1. The summed E-state index contributed by atoms with van der Waals surface area (Å²) in [4.78, 5) is 0. The van der Waals surface area contributed by atoms with Crippen molar-refractivity contribution in [3.05, 3.63) is 29.8 Å². The molecule has 0 unspecified atom stereocenters. The molecule has 0 aliphatic heterocycles. The van der Waals surface area contributed by atoms with Crippen LogP contribution in [0.2, 0.25) is 0 Å². The third kappa shape index (κ3) is 5.22. The van der Waals surface area contributed by atoms with Crippen LogP contribution in [0.4, 0.5) is 0 Å². The highest BCUT2D eigenvalue weighted by atomic mass is 16.5. The highest BCUT2D eigenvalue weighted by molar-refractivity contribution is 5.28. The van der Waals surface area contributed by atoms with E-state index >= 15 is 0 Å². The Bertz CT molecular complexity index is 312. The Morgan fingerprint density at radius 2 is 2.12 bits per heavy atom. The molecule has 1 aromatic carbocycles. The molecule has 0 aromatic heterocycles. The first-order chi connectivity index (χ1) is 8.30. The molecule has 2 nitrogen and oxygen atoms in total. The topological polar surface area (TPSA) is 21.3 Å². The minimum atomic E-state index is 0.640. The van der Waals surface area contributed by atoms with Crippen molar-refractivity contribution in [2.24, 2.45) is 0 Å². The molecule has 0 heterocycles. The Balaban J connectivity index is 2.41. The minimum Gasteiger partial charge on any atom is -0.497 e. The predicted octanol–water partition coefficient (Wildman–Crippen LogP) is 3.41. The zero-order chi connectivity index (χ0) is 12.5. The van der Waals surface area contributed by atoms with E-state index in [-0.39, 0.29) is 0 Å². The third-order valence-electron chi connectivity index (χ3n) is 3.09. The zero-order valence-electron chi connectivity index (χ0n) is 11.3. The van der Waals surface area contributed by atoms with E-state index in [4.69, 9.17) is 4.74 Å². The number of aryl methyl sites for hydroxylation is 1. The van der Waals surface area contributed by atoms with Crippen molar-refractivity contribution in [3.8, 4) is 5.75 Å². The Hall–Kier alpha value is -1.02. The highest BCUT2D eigenvalue weighted by Gasteiger charge is 2.05. The molecule has 17 heavy (non-hydrogen) atoms. The molecule has 1 N–H and O–H groups in total. The lowest BCUT2D eigenvalue weighted by Gasteiger charge is -2.16. The van der Waals surface area contributed by atoms with Crippen LogP contribution < -0.4 is 10.1 Å². The highest BCUT2D eigenvalue weighted by Crippen LogP contribution is 2.15. The largest absolute Gasteiger partial charge is 0.497 e. The first kappa shape index (κ1) is 14.0. The predicted molar refractivity (Wildman–Crippen MR) is 73.7 cm³/mol. The number of hydrogen-bond donors (Lipinski definition) is 1. The number of rotatable bonds is 8. The number of hydrogen-bond acceptors (Lipinski definition) is 2. The van der Waals surface area contributed by atoms with E-state index in [0.29, 0.717) is 6.04 Å². The second kappa shape index (κ2) is 8.13. The van der Waals surface area contributed by atoms with Crippen LogP contribution in [0.1, 0.15) is 38.7 Å². The fourth-order valence-corrected chi connectivity index (χ4v) is 1.97. The Morgan fingerprint density at radius 3 is 2.76 bits per heavy atom. The lowest BCUT2D eigenvalue weighted by Crippen LogP contribution is -2.29. The van der Waals surface area contributed by atoms with Crippen LogP contribution in [0.25, 0.3) is 0 Å². The summed E-state index contributed by atoms with van der Waals surface area (Å²) in [6, 6.07) is 9.01. The van der Waals surface area contributed by atoms with Crippen molar-refractivity contribution in [1.29, 1.82) is 0 Å². The van der Waals surface area contributed by atoms with Crippen molar-refractivity contribution in [1.82, 2.24) is 5.32 Å². The van der Waals surface area contributed by atoms with Gasteiger partial charge in [-0.25, -0.2) is 0 Å². The first-order valence-corrected chi connectivity index (χ1v) is 6.66. The van der Waals surface area contributed by atoms with Crippen LogP contribution >= 0.6 is 0 Å². The van der Waals surface area contributed by atoms with Gasteiger partial charge in [-0.1, -0.05) is 26.0 Å². The quantitative estimate of drug-likeness (QED) is 0.745. The average molecular weight is 235 g/mol. The lowest BCUT2D eigenvalue weighted by atomic mass is 10.0. The summed E-state index contributed by atoms with van der Waals surface area (Å²) in [7, 11) is 1.72. The van der Waals surface area contributed by atoms with Gasteiger partial charge in [0, 0.05) is 6.04 Å². The van der Waals surface area contributed by atoms with Gasteiger partial charge in [-0.15, -0.1) is 0 Å². The second-order valence-electron chi connectivity index (χ2n) is 4.45. The summed E-state index contributed by atoms with van der Waals surface area (Å²) in [5.41, 5.74) is 1.36. The van der Waals surface area contributed by atoms with Crippen molar-refractivity contribution in [2.75, 3.05) is 13.7 Å². The summed E-state index contributed by atoms with van der Waals surface area (Å²) in [5, 5.41) is 3.59. The van der Waals surface area contributed by atoms with E-state index in [9.17, 15) is 0 Å². The average Bonchev–Trinajstić information content (AvgIpc) is 2.39. The summed E-state index contributed by atoms with van der Waals surface area (Å²) >= 11 is 0. The summed E-state index contributed by atoms with van der Waals surface area (Å²) in [6.45, 7) is 5.58. The maximum Gasteiger partial charge on any atom is 0.119 e. The van der Waals surface area contributed by atoms with Gasteiger partial charge >= 0.3 is 0 Å². The molecule has 96 valence electrons. The molecule has 1 rings (SSSR count). The lowest BCUT2D eigenvalue weighted by molar-refractivity contribution is 0.413. The Morgan fingerprint density at radius 1 is 1.29 bits per heavy atom. The van der Waals surface area contributed by atoms with E-state index in [0.717, 1.165) is 18.7 Å². The first-order valence-electron chi connectivity index (χ1n) is 6.66. The van der Waals surface area contributed by atoms with E-state index in [1.165, 1.54) is 24.8 Å². The van der Waals surface area contributed by atoms with Crippen LogP contribution in [0.3, 0.4) is 0 Å². The molecule has 0 fully saturated rings. The number of benzene rings is 1. The second-order valence-corrected chi connectivity index (χ2v) is 4.45. The molecule has 0 saturated heterocycles. The molecular formula is C15H25NO. The Kier molecular flexibility index (Phi) is 6.71. The molecule has 1 aromatic rings. The van der Waals surface area contributed by atoms with E-state index < -0.39 is 0 Å².